The summed E-state index contributed by atoms with van der Waals surface area (Å²) in [6.45, 7) is 4.16. The van der Waals surface area contributed by atoms with Gasteiger partial charge in [-0.2, -0.15) is 0 Å². The Bertz CT molecular complexity index is 362. The number of halogens is 1. The molecule has 2 rings (SSSR count). The van der Waals surface area contributed by atoms with Gasteiger partial charge in [0.15, 0.2) is 0 Å². The fourth-order valence-electron chi connectivity index (χ4n) is 3.12. The molecule has 0 spiro atoms. The van der Waals surface area contributed by atoms with Crippen molar-refractivity contribution in [3.05, 3.63) is 0 Å². The van der Waals surface area contributed by atoms with E-state index in [9.17, 15) is 9.59 Å². The van der Waals surface area contributed by atoms with Gasteiger partial charge >= 0.3 is 6.03 Å². The lowest BCUT2D eigenvalue weighted by Gasteiger charge is -2.45. The lowest BCUT2D eigenvalue weighted by molar-refractivity contribution is -0.119. The highest BCUT2D eigenvalue weighted by atomic mass is 35.5. The smallest absolute Gasteiger partial charge is 0.324 e. The van der Waals surface area contributed by atoms with Gasteiger partial charge < -0.3 is 9.80 Å². The molecule has 3 amide bonds. The van der Waals surface area contributed by atoms with Crippen LogP contribution in [0.25, 0.3) is 0 Å². The van der Waals surface area contributed by atoms with E-state index in [2.05, 4.69) is 17.3 Å². The van der Waals surface area contributed by atoms with E-state index in [1.54, 1.807) is 11.8 Å². The Kier molecular flexibility index (Phi) is 4.68. The monoisotopic (exact) mass is 287 g/mol. The maximum absolute atomic E-state index is 12.0. The van der Waals surface area contributed by atoms with Crippen molar-refractivity contribution >= 4 is 23.5 Å². The topological polar surface area (TPSA) is 52.7 Å². The standard InChI is InChI=1S/C13H22ClN3O2/c1-9(14)12(18)15-13(19)17-7-5-11-10(8-17)4-3-6-16(11)2/h9-11H,3-8H2,1-2H3,(H,15,18,19). The number of carbonyl (C=O) groups is 2. The first kappa shape index (κ1) is 14.6. The van der Waals surface area contributed by atoms with Gasteiger partial charge in [0.25, 0.3) is 0 Å². The van der Waals surface area contributed by atoms with Gasteiger partial charge in [0, 0.05) is 19.1 Å². The van der Waals surface area contributed by atoms with Gasteiger partial charge in [0.1, 0.15) is 5.38 Å². The van der Waals surface area contributed by atoms with Crippen molar-refractivity contribution < 1.29 is 9.59 Å². The second-order valence-corrected chi connectivity index (χ2v) is 6.25. The fraction of sp³-hybridized carbons (Fsp3) is 0.846. The molecule has 2 saturated heterocycles. The molecule has 0 aromatic heterocycles. The molecule has 2 heterocycles. The SMILES string of the molecule is CC(Cl)C(=O)NC(=O)N1CCC2C(CCCN2C)C1. The molecule has 2 aliphatic rings. The van der Waals surface area contributed by atoms with Crippen LogP contribution in [0.15, 0.2) is 0 Å². The number of hydrogen-bond acceptors (Lipinski definition) is 3. The zero-order valence-corrected chi connectivity index (χ0v) is 12.3. The highest BCUT2D eigenvalue weighted by molar-refractivity contribution is 6.31. The van der Waals surface area contributed by atoms with Crippen molar-refractivity contribution in [1.82, 2.24) is 15.1 Å². The van der Waals surface area contributed by atoms with E-state index in [-0.39, 0.29) is 6.03 Å². The summed E-state index contributed by atoms with van der Waals surface area (Å²) in [6.07, 6.45) is 3.34. The number of amides is 3. The van der Waals surface area contributed by atoms with Crippen molar-refractivity contribution in [1.29, 1.82) is 0 Å². The number of carbonyl (C=O) groups excluding carboxylic acids is 2. The summed E-state index contributed by atoms with van der Waals surface area (Å²) >= 11 is 5.65. The number of nitrogens with zero attached hydrogens (tertiary/aromatic N) is 2. The van der Waals surface area contributed by atoms with Crippen LogP contribution in [0.2, 0.25) is 0 Å². The molecule has 0 aliphatic carbocycles. The third-order valence-corrected chi connectivity index (χ3v) is 4.42. The Hall–Kier alpha value is -0.810. The number of alkyl halides is 1. The normalized spacial score (nSPS) is 29.5. The highest BCUT2D eigenvalue weighted by Gasteiger charge is 2.36. The quantitative estimate of drug-likeness (QED) is 0.739. The van der Waals surface area contributed by atoms with Crippen molar-refractivity contribution in [2.45, 2.75) is 37.6 Å². The number of rotatable bonds is 1. The number of fused-ring (bicyclic) bond motifs is 1. The van der Waals surface area contributed by atoms with Crippen LogP contribution in [-0.4, -0.2) is 59.8 Å². The van der Waals surface area contributed by atoms with Crippen LogP contribution in [0, 0.1) is 5.92 Å². The summed E-state index contributed by atoms with van der Waals surface area (Å²) in [5.41, 5.74) is 0. The third kappa shape index (κ3) is 3.39. The van der Waals surface area contributed by atoms with Gasteiger partial charge in [0.05, 0.1) is 0 Å². The van der Waals surface area contributed by atoms with Crippen LogP contribution in [0.5, 0.6) is 0 Å². The summed E-state index contributed by atoms with van der Waals surface area (Å²) in [4.78, 5) is 27.6. The molecule has 0 saturated carbocycles. The maximum atomic E-state index is 12.0. The molecule has 5 nitrogen and oxygen atoms in total. The fourth-order valence-corrected chi connectivity index (χ4v) is 3.18. The molecule has 2 fully saturated rings. The number of likely N-dealkylation sites (tertiary alicyclic amines) is 2. The van der Waals surface area contributed by atoms with E-state index in [4.69, 9.17) is 11.6 Å². The van der Waals surface area contributed by atoms with E-state index >= 15 is 0 Å². The number of imide groups is 1. The van der Waals surface area contributed by atoms with Crippen LogP contribution in [0.3, 0.4) is 0 Å². The highest BCUT2D eigenvalue weighted by Crippen LogP contribution is 2.29. The lowest BCUT2D eigenvalue weighted by Crippen LogP contribution is -2.56. The average molecular weight is 288 g/mol. The van der Waals surface area contributed by atoms with E-state index in [1.165, 1.54) is 12.8 Å². The Morgan fingerprint density at radius 2 is 2.05 bits per heavy atom. The van der Waals surface area contributed by atoms with Crippen LogP contribution in [0.4, 0.5) is 4.79 Å². The van der Waals surface area contributed by atoms with Crippen LogP contribution in [-0.2, 0) is 4.79 Å². The molecule has 108 valence electrons. The maximum Gasteiger partial charge on any atom is 0.324 e. The van der Waals surface area contributed by atoms with Crippen LogP contribution in [0.1, 0.15) is 26.2 Å². The Balaban J connectivity index is 1.90. The van der Waals surface area contributed by atoms with Crippen molar-refractivity contribution in [2.24, 2.45) is 5.92 Å². The van der Waals surface area contributed by atoms with Gasteiger partial charge in [-0.1, -0.05) is 0 Å². The van der Waals surface area contributed by atoms with Crippen LogP contribution >= 0.6 is 11.6 Å². The first-order valence-corrected chi connectivity index (χ1v) is 7.36. The zero-order valence-electron chi connectivity index (χ0n) is 11.6. The summed E-state index contributed by atoms with van der Waals surface area (Å²) in [5, 5.41) is 1.68. The molecule has 0 bridgehead atoms. The Morgan fingerprint density at radius 1 is 1.32 bits per heavy atom. The lowest BCUT2D eigenvalue weighted by atomic mass is 9.84. The Labute approximate surface area is 119 Å². The summed E-state index contributed by atoms with van der Waals surface area (Å²) in [5.74, 6) is 0.108. The average Bonchev–Trinajstić information content (AvgIpc) is 2.38. The molecule has 0 aromatic carbocycles. The number of piperidine rings is 2. The Morgan fingerprint density at radius 3 is 2.74 bits per heavy atom. The minimum atomic E-state index is -0.678. The predicted molar refractivity (Wildman–Crippen MR) is 74.2 cm³/mol. The van der Waals surface area contributed by atoms with Crippen molar-refractivity contribution in [3.8, 4) is 0 Å². The molecular weight excluding hydrogens is 266 g/mol. The van der Waals surface area contributed by atoms with Gasteiger partial charge in [-0.15, -0.1) is 11.6 Å². The van der Waals surface area contributed by atoms with Gasteiger partial charge in [-0.25, -0.2) is 4.79 Å². The van der Waals surface area contributed by atoms with Crippen LogP contribution < -0.4 is 5.32 Å². The second-order valence-electron chi connectivity index (χ2n) is 5.60. The van der Waals surface area contributed by atoms with E-state index in [0.717, 1.165) is 19.5 Å². The van der Waals surface area contributed by atoms with Gasteiger partial charge in [-0.3, -0.25) is 10.1 Å². The van der Waals surface area contributed by atoms with E-state index in [1.807, 2.05) is 0 Å². The molecule has 3 atom stereocenters. The molecule has 1 N–H and O–H groups in total. The second kappa shape index (κ2) is 6.09. The number of nitrogens with one attached hydrogen (secondary N) is 1. The zero-order chi connectivity index (χ0) is 14.0. The largest absolute Gasteiger partial charge is 0.324 e. The molecule has 0 radical (unpaired) electrons. The first-order chi connectivity index (χ1) is 8.99. The number of hydrogen-bond donors (Lipinski definition) is 1. The number of urea groups is 1. The summed E-state index contributed by atoms with van der Waals surface area (Å²) < 4.78 is 0. The summed E-state index contributed by atoms with van der Waals surface area (Å²) in [7, 11) is 2.16. The van der Waals surface area contributed by atoms with E-state index in [0.29, 0.717) is 18.5 Å². The predicted octanol–water partition coefficient (Wildman–Crippen LogP) is 1.27. The molecule has 6 heteroatoms. The molecule has 2 aliphatic heterocycles. The minimum absolute atomic E-state index is 0.302. The minimum Gasteiger partial charge on any atom is -0.324 e. The molecular formula is C13H22ClN3O2. The molecule has 19 heavy (non-hydrogen) atoms. The molecule has 0 aromatic rings. The first-order valence-electron chi connectivity index (χ1n) is 6.93. The van der Waals surface area contributed by atoms with Gasteiger partial charge in [0.2, 0.25) is 5.91 Å². The van der Waals surface area contributed by atoms with Gasteiger partial charge in [-0.05, 0) is 45.7 Å². The van der Waals surface area contributed by atoms with Crippen molar-refractivity contribution in [2.75, 3.05) is 26.7 Å². The molecule has 3 unspecified atom stereocenters. The summed E-state index contributed by atoms with van der Waals surface area (Å²) in [6, 6.07) is 0.282. The van der Waals surface area contributed by atoms with E-state index < -0.39 is 11.3 Å². The van der Waals surface area contributed by atoms with Crippen molar-refractivity contribution in [3.63, 3.8) is 0 Å². The third-order valence-electron chi connectivity index (χ3n) is 4.22.